The lowest BCUT2D eigenvalue weighted by molar-refractivity contribution is -0.135. The Balaban J connectivity index is 2.36. The molecule has 0 saturated carbocycles. The Kier molecular flexibility index (Phi) is 5.96. The van der Waals surface area contributed by atoms with Crippen LogP contribution in [0.3, 0.4) is 0 Å². The standard InChI is InChI=1S/C12H17NO2S/c1-2-3-4-10-5-7-11(8-6-10)16-13-9-12(14)15/h5-8,13H,2-4,9H2,1H3,(H,14,15). The molecule has 16 heavy (non-hydrogen) atoms. The van der Waals surface area contributed by atoms with Crippen molar-refractivity contribution >= 4 is 17.9 Å². The minimum Gasteiger partial charge on any atom is -0.480 e. The first-order valence-corrected chi connectivity index (χ1v) is 6.24. The van der Waals surface area contributed by atoms with Gasteiger partial charge in [0.15, 0.2) is 0 Å². The highest BCUT2D eigenvalue weighted by molar-refractivity contribution is 7.97. The number of nitrogens with one attached hydrogen (secondary N) is 1. The summed E-state index contributed by atoms with van der Waals surface area (Å²) < 4.78 is 2.78. The lowest BCUT2D eigenvalue weighted by atomic mass is 10.1. The van der Waals surface area contributed by atoms with Gasteiger partial charge in [0.1, 0.15) is 6.54 Å². The van der Waals surface area contributed by atoms with Crippen molar-refractivity contribution in [3.8, 4) is 0 Å². The summed E-state index contributed by atoms with van der Waals surface area (Å²) in [4.78, 5) is 11.3. The van der Waals surface area contributed by atoms with Crippen LogP contribution in [0.4, 0.5) is 0 Å². The van der Waals surface area contributed by atoms with Crippen LogP contribution in [0.25, 0.3) is 0 Å². The molecule has 0 heterocycles. The number of rotatable bonds is 7. The second kappa shape index (κ2) is 7.30. The maximum absolute atomic E-state index is 10.3. The summed E-state index contributed by atoms with van der Waals surface area (Å²) >= 11 is 1.35. The van der Waals surface area contributed by atoms with Gasteiger partial charge in [-0.05, 0) is 42.5 Å². The van der Waals surface area contributed by atoms with Crippen molar-refractivity contribution in [2.45, 2.75) is 31.1 Å². The number of carboxylic acids is 1. The van der Waals surface area contributed by atoms with Crippen molar-refractivity contribution in [3.63, 3.8) is 0 Å². The van der Waals surface area contributed by atoms with Crippen LogP contribution in [0.2, 0.25) is 0 Å². The van der Waals surface area contributed by atoms with Gasteiger partial charge in [-0.15, -0.1) is 0 Å². The van der Waals surface area contributed by atoms with Gasteiger partial charge in [-0.1, -0.05) is 25.5 Å². The third kappa shape index (κ3) is 5.19. The zero-order valence-electron chi connectivity index (χ0n) is 9.40. The van der Waals surface area contributed by atoms with E-state index >= 15 is 0 Å². The monoisotopic (exact) mass is 239 g/mol. The van der Waals surface area contributed by atoms with Crippen molar-refractivity contribution < 1.29 is 9.90 Å². The van der Waals surface area contributed by atoms with E-state index in [9.17, 15) is 4.79 Å². The summed E-state index contributed by atoms with van der Waals surface area (Å²) in [6.07, 6.45) is 3.53. The van der Waals surface area contributed by atoms with Crippen LogP contribution in [0.5, 0.6) is 0 Å². The van der Waals surface area contributed by atoms with Crippen molar-refractivity contribution in [2.24, 2.45) is 0 Å². The van der Waals surface area contributed by atoms with Crippen LogP contribution in [0.15, 0.2) is 29.2 Å². The van der Waals surface area contributed by atoms with Gasteiger partial charge in [-0.3, -0.25) is 4.79 Å². The van der Waals surface area contributed by atoms with E-state index in [0.29, 0.717) is 0 Å². The average Bonchev–Trinajstić information content (AvgIpc) is 2.27. The van der Waals surface area contributed by atoms with E-state index < -0.39 is 5.97 Å². The maximum Gasteiger partial charge on any atom is 0.318 e. The molecule has 0 saturated heterocycles. The fraction of sp³-hybridized carbons (Fsp3) is 0.417. The van der Waals surface area contributed by atoms with Gasteiger partial charge in [0, 0.05) is 4.90 Å². The maximum atomic E-state index is 10.3. The van der Waals surface area contributed by atoms with E-state index in [1.165, 1.54) is 30.4 Å². The molecule has 88 valence electrons. The van der Waals surface area contributed by atoms with Crippen molar-refractivity contribution in [1.29, 1.82) is 0 Å². The van der Waals surface area contributed by atoms with Gasteiger partial charge >= 0.3 is 5.97 Å². The molecule has 0 radical (unpaired) electrons. The molecule has 2 N–H and O–H groups in total. The molecule has 1 aromatic carbocycles. The number of carboxylic acid groups (broad SMARTS) is 1. The minimum atomic E-state index is -0.841. The first-order chi connectivity index (χ1) is 7.72. The Morgan fingerprint density at radius 2 is 2.06 bits per heavy atom. The van der Waals surface area contributed by atoms with Gasteiger partial charge < -0.3 is 5.11 Å². The van der Waals surface area contributed by atoms with Crippen molar-refractivity contribution in [2.75, 3.05) is 6.54 Å². The summed E-state index contributed by atoms with van der Waals surface area (Å²) in [7, 11) is 0. The highest BCUT2D eigenvalue weighted by Gasteiger charge is 1.98. The number of benzene rings is 1. The van der Waals surface area contributed by atoms with E-state index in [-0.39, 0.29) is 6.54 Å². The predicted molar refractivity (Wildman–Crippen MR) is 66.5 cm³/mol. The lowest BCUT2D eigenvalue weighted by Crippen LogP contribution is -2.15. The first kappa shape index (κ1) is 13.1. The minimum absolute atomic E-state index is 0.0255. The summed E-state index contributed by atoms with van der Waals surface area (Å²) in [6, 6.07) is 8.23. The van der Waals surface area contributed by atoms with Crippen LogP contribution in [0, 0.1) is 0 Å². The number of hydrogen-bond acceptors (Lipinski definition) is 3. The van der Waals surface area contributed by atoms with Crippen LogP contribution in [-0.2, 0) is 11.2 Å². The van der Waals surface area contributed by atoms with Crippen molar-refractivity contribution in [3.05, 3.63) is 29.8 Å². The Morgan fingerprint density at radius 1 is 1.38 bits per heavy atom. The number of unbranched alkanes of at least 4 members (excludes halogenated alkanes) is 1. The zero-order chi connectivity index (χ0) is 11.8. The predicted octanol–water partition coefficient (Wildman–Crippen LogP) is 2.71. The summed E-state index contributed by atoms with van der Waals surface area (Å²) in [5, 5.41) is 8.46. The smallest absolute Gasteiger partial charge is 0.318 e. The summed E-state index contributed by atoms with van der Waals surface area (Å²) in [5.41, 5.74) is 1.34. The van der Waals surface area contributed by atoms with Crippen LogP contribution in [-0.4, -0.2) is 17.6 Å². The van der Waals surface area contributed by atoms with Crippen LogP contribution < -0.4 is 4.72 Å². The van der Waals surface area contributed by atoms with Gasteiger partial charge in [0.05, 0.1) is 0 Å². The molecule has 0 unspecified atom stereocenters. The molecule has 0 amide bonds. The number of aliphatic carboxylic acids is 1. The number of aryl methyl sites for hydroxylation is 1. The largest absolute Gasteiger partial charge is 0.480 e. The molecule has 0 aliphatic rings. The summed E-state index contributed by atoms with van der Waals surface area (Å²) in [6.45, 7) is 2.16. The number of carbonyl (C=O) groups is 1. The SMILES string of the molecule is CCCCc1ccc(SNCC(=O)O)cc1. The molecule has 0 bridgehead atoms. The molecule has 0 atom stereocenters. The fourth-order valence-electron chi connectivity index (χ4n) is 1.29. The van der Waals surface area contributed by atoms with Gasteiger partial charge in [-0.25, -0.2) is 4.72 Å². The molecule has 1 aromatic rings. The van der Waals surface area contributed by atoms with E-state index in [1.807, 2.05) is 12.1 Å². The zero-order valence-corrected chi connectivity index (χ0v) is 10.2. The number of hydrogen-bond donors (Lipinski definition) is 2. The second-order valence-corrected chi connectivity index (χ2v) is 4.53. The molecule has 0 aliphatic carbocycles. The quantitative estimate of drug-likeness (QED) is 0.718. The summed E-state index contributed by atoms with van der Waals surface area (Å²) in [5.74, 6) is -0.841. The van der Waals surface area contributed by atoms with E-state index in [2.05, 4.69) is 23.8 Å². The fourth-order valence-corrected chi connectivity index (χ4v) is 1.92. The topological polar surface area (TPSA) is 49.3 Å². The van der Waals surface area contributed by atoms with Gasteiger partial charge in [0.25, 0.3) is 0 Å². The van der Waals surface area contributed by atoms with Crippen molar-refractivity contribution in [1.82, 2.24) is 4.72 Å². The van der Waals surface area contributed by atoms with E-state index in [0.717, 1.165) is 11.3 Å². The molecule has 0 aliphatic heterocycles. The third-order valence-corrected chi connectivity index (χ3v) is 2.95. The molecular formula is C12H17NO2S. The Morgan fingerprint density at radius 3 is 2.62 bits per heavy atom. The van der Waals surface area contributed by atoms with Gasteiger partial charge in [-0.2, -0.15) is 0 Å². The first-order valence-electron chi connectivity index (χ1n) is 5.43. The Hall–Kier alpha value is -1.00. The molecule has 3 nitrogen and oxygen atoms in total. The Bertz CT molecular complexity index is 324. The Labute approximate surface area is 100 Å². The molecular weight excluding hydrogens is 222 g/mol. The van der Waals surface area contributed by atoms with E-state index in [1.54, 1.807) is 0 Å². The average molecular weight is 239 g/mol. The second-order valence-electron chi connectivity index (χ2n) is 3.56. The molecule has 0 fully saturated rings. The van der Waals surface area contributed by atoms with Gasteiger partial charge in [0.2, 0.25) is 0 Å². The van der Waals surface area contributed by atoms with Crippen LogP contribution in [0.1, 0.15) is 25.3 Å². The highest BCUT2D eigenvalue weighted by Crippen LogP contribution is 2.16. The molecule has 0 spiro atoms. The third-order valence-electron chi connectivity index (χ3n) is 2.16. The van der Waals surface area contributed by atoms with E-state index in [4.69, 9.17) is 5.11 Å². The molecule has 4 heteroatoms. The molecule has 0 aromatic heterocycles. The van der Waals surface area contributed by atoms with Crippen LogP contribution >= 0.6 is 11.9 Å². The normalized spacial score (nSPS) is 10.3. The highest BCUT2D eigenvalue weighted by atomic mass is 32.2. The lowest BCUT2D eigenvalue weighted by Gasteiger charge is -2.03. The molecule has 1 rings (SSSR count).